The summed E-state index contributed by atoms with van der Waals surface area (Å²) in [7, 11) is 0. The average Bonchev–Trinajstić information content (AvgIpc) is 3.03. The lowest BCUT2D eigenvalue weighted by molar-refractivity contribution is 0.102. The zero-order valence-corrected chi connectivity index (χ0v) is 15.2. The van der Waals surface area contributed by atoms with Crippen LogP contribution in [0.5, 0.6) is 0 Å². The molecule has 0 radical (unpaired) electrons. The smallest absolute Gasteiger partial charge is 0.414 e. The highest BCUT2D eigenvalue weighted by Gasteiger charge is 2.31. The number of hydrogen-bond acceptors (Lipinski definition) is 5. The minimum atomic E-state index is -0.707. The number of rotatable bonds is 5. The molecule has 8 heteroatoms. The van der Waals surface area contributed by atoms with E-state index in [0.29, 0.717) is 24.3 Å². The van der Waals surface area contributed by atoms with Gasteiger partial charge < -0.3 is 10.1 Å². The van der Waals surface area contributed by atoms with Crippen LogP contribution < -0.4 is 10.2 Å². The van der Waals surface area contributed by atoms with Crippen LogP contribution in [-0.4, -0.2) is 35.9 Å². The van der Waals surface area contributed by atoms with Gasteiger partial charge >= 0.3 is 6.09 Å². The molecule has 26 heavy (non-hydrogen) atoms. The number of pyridine rings is 1. The van der Waals surface area contributed by atoms with Crippen molar-refractivity contribution in [1.82, 2.24) is 4.98 Å². The van der Waals surface area contributed by atoms with Crippen molar-refractivity contribution in [3.05, 3.63) is 47.9 Å². The lowest BCUT2D eigenvalue weighted by Crippen LogP contribution is -2.25. The van der Waals surface area contributed by atoms with E-state index in [1.807, 2.05) is 13.2 Å². The number of nitrogens with zero attached hydrogens (tertiary/aromatic N) is 2. The maximum Gasteiger partial charge on any atom is 0.414 e. The third-order valence-corrected chi connectivity index (χ3v) is 4.70. The normalized spacial score (nSPS) is 16.5. The average molecular weight is 375 g/mol. The molecular formula is C18H18FN3O3S. The molecule has 0 bridgehead atoms. The van der Waals surface area contributed by atoms with Crippen molar-refractivity contribution in [3.8, 4) is 0 Å². The number of benzene rings is 1. The molecule has 0 spiro atoms. The molecule has 136 valence electrons. The summed E-state index contributed by atoms with van der Waals surface area (Å²) in [5, 5.41) is 3.43. The van der Waals surface area contributed by atoms with Gasteiger partial charge in [0.05, 0.1) is 34.7 Å². The predicted octanol–water partition coefficient (Wildman–Crippen LogP) is 3.93. The Labute approximate surface area is 154 Å². The molecule has 1 aliphatic rings. The zero-order chi connectivity index (χ0) is 18.7. The van der Waals surface area contributed by atoms with Crippen molar-refractivity contribution >= 4 is 35.1 Å². The van der Waals surface area contributed by atoms with Gasteiger partial charge in [-0.25, -0.2) is 14.2 Å². The Bertz CT molecular complexity index is 829. The highest BCUT2D eigenvalue weighted by molar-refractivity contribution is 7.98. The molecule has 2 heterocycles. The number of carbonyl (C=O) groups excluding carboxylic acids is 2. The number of cyclic esters (lactones) is 1. The molecule has 1 atom stereocenters. The number of nitrogens with one attached hydrogen (secondary N) is 1. The fourth-order valence-electron chi connectivity index (χ4n) is 2.57. The van der Waals surface area contributed by atoms with Crippen molar-refractivity contribution in [2.75, 3.05) is 23.0 Å². The lowest BCUT2D eigenvalue weighted by atomic mass is 10.1. The molecule has 6 nitrogen and oxygen atoms in total. The molecule has 3 rings (SSSR count). The van der Waals surface area contributed by atoms with Gasteiger partial charge in [-0.3, -0.25) is 9.69 Å². The minimum absolute atomic E-state index is 0.109. The van der Waals surface area contributed by atoms with Crippen LogP contribution in [0.1, 0.15) is 23.7 Å². The summed E-state index contributed by atoms with van der Waals surface area (Å²) in [6, 6.07) is 7.53. The second-order valence-electron chi connectivity index (χ2n) is 5.73. The second kappa shape index (κ2) is 7.74. The SMILES string of the molecule is CCC1CN(c2ccc(C(=O)Nc3ccc(SC)nc3)c(F)c2)C(=O)O1. The maximum atomic E-state index is 14.4. The highest BCUT2D eigenvalue weighted by Crippen LogP contribution is 2.25. The van der Waals surface area contributed by atoms with E-state index >= 15 is 0 Å². The van der Waals surface area contributed by atoms with E-state index < -0.39 is 17.8 Å². The number of ether oxygens (including phenoxy) is 1. The summed E-state index contributed by atoms with van der Waals surface area (Å²) in [5.41, 5.74) is 0.735. The van der Waals surface area contributed by atoms with Gasteiger partial charge in [-0.05, 0) is 43.0 Å². The van der Waals surface area contributed by atoms with Gasteiger partial charge in [0.1, 0.15) is 11.9 Å². The van der Waals surface area contributed by atoms with Crippen LogP contribution >= 0.6 is 11.8 Å². The summed E-state index contributed by atoms with van der Waals surface area (Å²) < 4.78 is 19.6. The van der Waals surface area contributed by atoms with Gasteiger partial charge in [-0.15, -0.1) is 11.8 Å². The number of carbonyl (C=O) groups is 2. The molecule has 1 aliphatic heterocycles. The Morgan fingerprint density at radius 1 is 1.42 bits per heavy atom. The molecule has 1 aromatic carbocycles. The van der Waals surface area contributed by atoms with Crippen molar-refractivity contribution < 1.29 is 18.7 Å². The maximum absolute atomic E-state index is 14.4. The van der Waals surface area contributed by atoms with E-state index in [1.54, 1.807) is 12.1 Å². The van der Waals surface area contributed by atoms with Crippen molar-refractivity contribution in [1.29, 1.82) is 0 Å². The molecule has 0 aliphatic carbocycles. The second-order valence-corrected chi connectivity index (χ2v) is 6.56. The predicted molar refractivity (Wildman–Crippen MR) is 98.3 cm³/mol. The van der Waals surface area contributed by atoms with Crippen LogP contribution in [0.4, 0.5) is 20.6 Å². The fourth-order valence-corrected chi connectivity index (χ4v) is 2.94. The summed E-state index contributed by atoms with van der Waals surface area (Å²) >= 11 is 1.48. The quantitative estimate of drug-likeness (QED) is 0.802. The van der Waals surface area contributed by atoms with Crippen LogP contribution in [0.25, 0.3) is 0 Å². The topological polar surface area (TPSA) is 71.5 Å². The summed E-state index contributed by atoms with van der Waals surface area (Å²) in [6.07, 6.45) is 3.39. The first-order chi connectivity index (χ1) is 12.5. The molecular weight excluding hydrogens is 357 g/mol. The van der Waals surface area contributed by atoms with Crippen molar-refractivity contribution in [3.63, 3.8) is 0 Å². The van der Waals surface area contributed by atoms with Crippen LogP contribution in [0.15, 0.2) is 41.6 Å². The van der Waals surface area contributed by atoms with Crippen molar-refractivity contribution in [2.24, 2.45) is 0 Å². The molecule has 1 fully saturated rings. The summed E-state index contributed by atoms with van der Waals surface area (Å²) in [6.45, 7) is 2.28. The van der Waals surface area contributed by atoms with Gasteiger partial charge in [0, 0.05) is 0 Å². The summed E-state index contributed by atoms with van der Waals surface area (Å²) in [4.78, 5) is 29.7. The Hall–Kier alpha value is -2.61. The van der Waals surface area contributed by atoms with Gasteiger partial charge in [0.2, 0.25) is 0 Å². The first-order valence-corrected chi connectivity index (χ1v) is 9.33. The Kier molecular flexibility index (Phi) is 5.41. The van der Waals surface area contributed by atoms with E-state index in [0.717, 1.165) is 5.03 Å². The first kappa shape index (κ1) is 18.2. The Morgan fingerprint density at radius 2 is 2.23 bits per heavy atom. The van der Waals surface area contributed by atoms with E-state index in [9.17, 15) is 14.0 Å². The standard InChI is InChI=1S/C18H18FN3O3S/c1-3-13-10-22(18(24)25-13)12-5-6-14(15(19)8-12)17(23)21-11-4-7-16(26-2)20-9-11/h4-9,13H,3,10H2,1-2H3,(H,21,23). The van der Waals surface area contributed by atoms with Gasteiger partial charge in [0.15, 0.2) is 0 Å². The van der Waals surface area contributed by atoms with E-state index in [4.69, 9.17) is 4.74 Å². The third kappa shape index (κ3) is 3.80. The highest BCUT2D eigenvalue weighted by atomic mass is 32.2. The fraction of sp³-hybridized carbons (Fsp3) is 0.278. The van der Waals surface area contributed by atoms with Crippen LogP contribution in [-0.2, 0) is 4.74 Å². The molecule has 2 aromatic rings. The number of thioether (sulfide) groups is 1. The monoisotopic (exact) mass is 375 g/mol. The number of anilines is 2. The summed E-state index contributed by atoms with van der Waals surface area (Å²) in [5.74, 6) is -1.29. The lowest BCUT2D eigenvalue weighted by Gasteiger charge is -2.14. The molecule has 1 saturated heterocycles. The van der Waals surface area contributed by atoms with E-state index in [1.165, 1.54) is 41.1 Å². The number of aromatic nitrogens is 1. The van der Waals surface area contributed by atoms with Gasteiger partial charge in [-0.2, -0.15) is 0 Å². The Balaban J connectivity index is 1.74. The molecule has 1 unspecified atom stereocenters. The van der Waals surface area contributed by atoms with E-state index in [-0.39, 0.29) is 11.7 Å². The van der Waals surface area contributed by atoms with E-state index in [2.05, 4.69) is 10.3 Å². The number of amides is 2. The van der Waals surface area contributed by atoms with Gasteiger partial charge in [0.25, 0.3) is 5.91 Å². The van der Waals surface area contributed by atoms with Crippen LogP contribution in [0.2, 0.25) is 0 Å². The zero-order valence-electron chi connectivity index (χ0n) is 14.4. The Morgan fingerprint density at radius 3 is 2.81 bits per heavy atom. The largest absolute Gasteiger partial charge is 0.444 e. The van der Waals surface area contributed by atoms with Crippen LogP contribution in [0, 0.1) is 5.82 Å². The molecule has 1 N–H and O–H groups in total. The minimum Gasteiger partial charge on any atom is -0.444 e. The van der Waals surface area contributed by atoms with Crippen LogP contribution in [0.3, 0.4) is 0 Å². The third-order valence-electron chi connectivity index (χ3n) is 4.04. The van der Waals surface area contributed by atoms with Gasteiger partial charge in [-0.1, -0.05) is 6.92 Å². The molecule has 0 saturated carbocycles. The number of hydrogen-bond donors (Lipinski definition) is 1. The molecule has 2 amide bonds. The number of halogens is 1. The van der Waals surface area contributed by atoms with Crippen molar-refractivity contribution in [2.45, 2.75) is 24.5 Å². The first-order valence-electron chi connectivity index (χ1n) is 8.11. The molecule has 1 aromatic heterocycles.